The van der Waals surface area contributed by atoms with Crippen molar-refractivity contribution in [1.29, 1.82) is 0 Å². The lowest BCUT2D eigenvalue weighted by atomic mass is 9.87. The molecular weight excluding hydrogens is 230 g/mol. The molecule has 0 rings (SSSR count). The van der Waals surface area contributed by atoms with E-state index in [1.165, 1.54) is 64.3 Å². The van der Waals surface area contributed by atoms with Crippen molar-refractivity contribution in [2.45, 2.75) is 98.4 Å². The summed E-state index contributed by atoms with van der Waals surface area (Å²) in [5.74, 6) is 1.59. The maximum atomic E-state index is 3.76. The van der Waals surface area contributed by atoms with Crippen LogP contribution in [0.1, 0.15) is 92.4 Å². The van der Waals surface area contributed by atoms with Gasteiger partial charge in [0, 0.05) is 6.04 Å². The van der Waals surface area contributed by atoms with Gasteiger partial charge < -0.3 is 5.32 Å². The van der Waals surface area contributed by atoms with Crippen LogP contribution in [0.15, 0.2) is 0 Å². The monoisotopic (exact) mass is 269 g/mol. The van der Waals surface area contributed by atoms with Crippen LogP contribution in [0.5, 0.6) is 0 Å². The molecule has 2 atom stereocenters. The topological polar surface area (TPSA) is 12.0 Å². The molecule has 0 saturated heterocycles. The van der Waals surface area contributed by atoms with Gasteiger partial charge in [-0.05, 0) is 31.2 Å². The van der Waals surface area contributed by atoms with Gasteiger partial charge in [0.1, 0.15) is 0 Å². The van der Waals surface area contributed by atoms with E-state index in [4.69, 9.17) is 0 Å². The lowest BCUT2D eigenvalue weighted by Gasteiger charge is -2.28. The summed E-state index contributed by atoms with van der Waals surface area (Å²) in [5, 5.41) is 3.76. The second kappa shape index (κ2) is 13.0. The Morgan fingerprint density at radius 2 is 1.32 bits per heavy atom. The van der Waals surface area contributed by atoms with Crippen molar-refractivity contribution in [1.82, 2.24) is 5.32 Å². The third kappa shape index (κ3) is 10.4. The smallest absolute Gasteiger partial charge is 0.00951 e. The van der Waals surface area contributed by atoms with E-state index in [1.807, 2.05) is 0 Å². The number of nitrogens with one attached hydrogen (secondary N) is 1. The molecule has 0 radical (unpaired) electrons. The number of unbranched alkanes of at least 4 members (excludes halogenated alkanes) is 6. The molecule has 0 amide bonds. The summed E-state index contributed by atoms with van der Waals surface area (Å²) in [7, 11) is 0. The predicted octanol–water partition coefficient (Wildman–Crippen LogP) is 5.79. The van der Waals surface area contributed by atoms with Gasteiger partial charge in [-0.15, -0.1) is 0 Å². The molecule has 0 aliphatic heterocycles. The molecular formula is C18H39N. The van der Waals surface area contributed by atoms with Crippen LogP contribution < -0.4 is 5.32 Å². The van der Waals surface area contributed by atoms with E-state index in [0.717, 1.165) is 17.9 Å². The zero-order valence-electron chi connectivity index (χ0n) is 14.3. The molecule has 1 N–H and O–H groups in total. The summed E-state index contributed by atoms with van der Waals surface area (Å²) >= 11 is 0. The molecule has 0 aromatic heterocycles. The lowest BCUT2D eigenvalue weighted by Crippen LogP contribution is -2.37. The van der Waals surface area contributed by atoms with Gasteiger partial charge in [0.25, 0.3) is 0 Å². The first-order chi connectivity index (χ1) is 9.13. The fraction of sp³-hybridized carbons (Fsp3) is 1.00. The first-order valence-corrected chi connectivity index (χ1v) is 8.86. The van der Waals surface area contributed by atoms with Crippen LogP contribution in [0.2, 0.25) is 0 Å². The summed E-state index contributed by atoms with van der Waals surface area (Å²) in [4.78, 5) is 0. The molecule has 0 aromatic rings. The van der Waals surface area contributed by atoms with E-state index >= 15 is 0 Å². The van der Waals surface area contributed by atoms with Crippen LogP contribution in [0.25, 0.3) is 0 Å². The van der Waals surface area contributed by atoms with Crippen molar-refractivity contribution in [3.63, 3.8) is 0 Å². The Kier molecular flexibility index (Phi) is 12.9. The zero-order valence-corrected chi connectivity index (χ0v) is 14.3. The molecule has 0 heterocycles. The summed E-state index contributed by atoms with van der Waals surface area (Å²) in [6, 6.07) is 0.732. The van der Waals surface area contributed by atoms with Gasteiger partial charge in [0.2, 0.25) is 0 Å². The van der Waals surface area contributed by atoms with Crippen LogP contribution in [-0.4, -0.2) is 12.6 Å². The highest BCUT2D eigenvalue weighted by Gasteiger charge is 2.18. The maximum absolute atomic E-state index is 3.76. The van der Waals surface area contributed by atoms with E-state index in [-0.39, 0.29) is 0 Å². The molecule has 0 fully saturated rings. The second-order valence-electron chi connectivity index (χ2n) is 6.57. The highest BCUT2D eigenvalue weighted by Crippen LogP contribution is 2.20. The van der Waals surface area contributed by atoms with E-state index in [1.54, 1.807) is 0 Å². The van der Waals surface area contributed by atoms with E-state index in [2.05, 4.69) is 39.9 Å². The average molecular weight is 270 g/mol. The molecule has 2 unspecified atom stereocenters. The molecule has 0 aliphatic rings. The summed E-state index contributed by atoms with van der Waals surface area (Å²) in [5.41, 5.74) is 0. The Morgan fingerprint density at radius 3 is 1.84 bits per heavy atom. The maximum Gasteiger partial charge on any atom is 0.00951 e. The van der Waals surface area contributed by atoms with E-state index in [0.29, 0.717) is 0 Å². The van der Waals surface area contributed by atoms with Crippen molar-refractivity contribution in [3.05, 3.63) is 0 Å². The van der Waals surface area contributed by atoms with Gasteiger partial charge in [-0.3, -0.25) is 0 Å². The Morgan fingerprint density at radius 1 is 0.737 bits per heavy atom. The second-order valence-corrected chi connectivity index (χ2v) is 6.57. The first-order valence-electron chi connectivity index (χ1n) is 8.86. The van der Waals surface area contributed by atoms with Gasteiger partial charge in [0.05, 0.1) is 0 Å². The normalized spacial score (nSPS) is 14.8. The van der Waals surface area contributed by atoms with Crippen molar-refractivity contribution in [2.24, 2.45) is 11.8 Å². The molecule has 0 bridgehead atoms. The molecule has 0 aromatic carbocycles. The molecule has 116 valence electrons. The van der Waals surface area contributed by atoms with Crippen molar-refractivity contribution >= 4 is 0 Å². The van der Waals surface area contributed by atoms with Crippen LogP contribution in [0.3, 0.4) is 0 Å². The largest absolute Gasteiger partial charge is 0.314 e. The molecule has 1 heteroatoms. The Hall–Kier alpha value is -0.0400. The van der Waals surface area contributed by atoms with Crippen molar-refractivity contribution in [3.8, 4) is 0 Å². The number of hydrogen-bond donors (Lipinski definition) is 1. The van der Waals surface area contributed by atoms with Gasteiger partial charge in [0.15, 0.2) is 0 Å². The van der Waals surface area contributed by atoms with Crippen LogP contribution in [0.4, 0.5) is 0 Å². The van der Waals surface area contributed by atoms with Crippen LogP contribution >= 0.6 is 0 Å². The van der Waals surface area contributed by atoms with Crippen LogP contribution in [0, 0.1) is 11.8 Å². The minimum atomic E-state index is 0.732. The molecule has 0 saturated carbocycles. The van der Waals surface area contributed by atoms with E-state index in [9.17, 15) is 0 Å². The quantitative estimate of drug-likeness (QED) is 0.417. The first kappa shape index (κ1) is 19.0. The third-order valence-electron chi connectivity index (χ3n) is 4.46. The van der Waals surface area contributed by atoms with Gasteiger partial charge in [-0.25, -0.2) is 0 Å². The minimum absolute atomic E-state index is 0.732. The Bertz CT molecular complexity index is 177. The summed E-state index contributed by atoms with van der Waals surface area (Å²) in [6.07, 6.45) is 12.6. The highest BCUT2D eigenvalue weighted by atomic mass is 14.9. The van der Waals surface area contributed by atoms with Crippen molar-refractivity contribution < 1.29 is 0 Å². The Balaban J connectivity index is 3.73. The predicted molar refractivity (Wildman–Crippen MR) is 88.7 cm³/mol. The molecule has 0 aliphatic carbocycles. The minimum Gasteiger partial charge on any atom is -0.314 e. The lowest BCUT2D eigenvalue weighted by molar-refractivity contribution is 0.279. The highest BCUT2D eigenvalue weighted by molar-refractivity contribution is 4.75. The average Bonchev–Trinajstić information content (AvgIpc) is 2.40. The third-order valence-corrected chi connectivity index (χ3v) is 4.46. The van der Waals surface area contributed by atoms with Crippen LogP contribution in [-0.2, 0) is 0 Å². The van der Waals surface area contributed by atoms with E-state index < -0.39 is 0 Å². The van der Waals surface area contributed by atoms with Gasteiger partial charge >= 0.3 is 0 Å². The number of rotatable bonds is 13. The standard InChI is InChI=1S/C18H39N/c1-6-8-9-10-11-12-13-14-18(19-15-7-2)17(5)16(3)4/h16-19H,6-15H2,1-5H3. The van der Waals surface area contributed by atoms with Gasteiger partial charge in [-0.1, -0.05) is 79.6 Å². The molecule has 0 spiro atoms. The Labute approximate surface area is 122 Å². The SMILES string of the molecule is CCCCCCCCCC(NCCC)C(C)C(C)C. The van der Waals surface area contributed by atoms with Gasteiger partial charge in [-0.2, -0.15) is 0 Å². The molecule has 19 heavy (non-hydrogen) atoms. The summed E-state index contributed by atoms with van der Waals surface area (Å²) in [6.45, 7) is 12.9. The fourth-order valence-corrected chi connectivity index (χ4v) is 2.67. The molecule has 1 nitrogen and oxygen atoms in total. The zero-order chi connectivity index (χ0) is 14.5. The number of hydrogen-bond acceptors (Lipinski definition) is 1. The summed E-state index contributed by atoms with van der Waals surface area (Å²) < 4.78 is 0. The van der Waals surface area contributed by atoms with Crippen molar-refractivity contribution in [2.75, 3.05) is 6.54 Å². The fourth-order valence-electron chi connectivity index (χ4n) is 2.67.